The van der Waals surface area contributed by atoms with Crippen molar-refractivity contribution in [3.63, 3.8) is 0 Å². The average molecular weight is 451 g/mol. The van der Waals surface area contributed by atoms with E-state index in [1.165, 1.54) is 0 Å². The van der Waals surface area contributed by atoms with Crippen LogP contribution in [0.5, 0.6) is 0 Å². The molecule has 0 aliphatic heterocycles. The molecule has 0 radical (unpaired) electrons. The molecule has 0 fully saturated rings. The van der Waals surface area contributed by atoms with E-state index in [2.05, 4.69) is 4.72 Å². The Kier molecular flexibility index (Phi) is 6.08. The van der Waals surface area contributed by atoms with Crippen LogP contribution < -0.4 is 4.72 Å². The molecule has 2 aromatic carbocycles. The van der Waals surface area contributed by atoms with Gasteiger partial charge in [-0.1, -0.05) is 29.3 Å². The van der Waals surface area contributed by atoms with Gasteiger partial charge in [-0.15, -0.1) is 0 Å². The van der Waals surface area contributed by atoms with Crippen molar-refractivity contribution in [3.05, 3.63) is 86.7 Å². The third-order valence-corrected chi connectivity index (χ3v) is 5.78. The van der Waals surface area contributed by atoms with Gasteiger partial charge in [-0.05, 0) is 60.5 Å². The standard InChI is InChI=1S/C21H20Cl2N2O3S/c1-13-10-18(11-15-6-9-17(12-19(15)23)24-29(3,27)28)25(2)20(13)21(26)14-4-7-16(22)8-5-14/h4-10,12,24H,11H2,1-3H3. The highest BCUT2D eigenvalue weighted by molar-refractivity contribution is 7.92. The van der Waals surface area contributed by atoms with Crippen molar-refractivity contribution in [1.29, 1.82) is 0 Å². The number of carbonyl (C=O) groups excluding carboxylic acids is 1. The lowest BCUT2D eigenvalue weighted by molar-refractivity contribution is 0.103. The second-order valence-electron chi connectivity index (χ2n) is 6.92. The molecule has 5 nitrogen and oxygen atoms in total. The van der Waals surface area contributed by atoms with Crippen LogP contribution in [-0.2, 0) is 23.5 Å². The van der Waals surface area contributed by atoms with Gasteiger partial charge < -0.3 is 4.57 Å². The van der Waals surface area contributed by atoms with Crippen molar-refractivity contribution in [2.45, 2.75) is 13.3 Å². The fraction of sp³-hybridized carbons (Fsp3) is 0.190. The molecule has 0 saturated heterocycles. The Labute approximate surface area is 180 Å². The largest absolute Gasteiger partial charge is 0.344 e. The summed E-state index contributed by atoms with van der Waals surface area (Å²) < 4.78 is 27.0. The van der Waals surface area contributed by atoms with Crippen molar-refractivity contribution in [1.82, 2.24) is 4.57 Å². The quantitative estimate of drug-likeness (QED) is 0.546. The van der Waals surface area contributed by atoms with Crippen LogP contribution in [0.4, 0.5) is 5.69 Å². The number of ketones is 1. The van der Waals surface area contributed by atoms with Gasteiger partial charge in [0.05, 0.1) is 11.9 Å². The first-order chi connectivity index (χ1) is 13.5. The summed E-state index contributed by atoms with van der Waals surface area (Å²) in [6.45, 7) is 1.90. The zero-order chi connectivity index (χ0) is 21.3. The smallest absolute Gasteiger partial charge is 0.229 e. The third-order valence-electron chi connectivity index (χ3n) is 4.57. The summed E-state index contributed by atoms with van der Waals surface area (Å²) in [5, 5.41) is 1.03. The summed E-state index contributed by atoms with van der Waals surface area (Å²) in [5.74, 6) is -0.0771. The molecule has 3 aromatic rings. The van der Waals surface area contributed by atoms with Crippen LogP contribution in [0.3, 0.4) is 0 Å². The molecular formula is C21H20Cl2N2O3S. The van der Waals surface area contributed by atoms with Gasteiger partial charge >= 0.3 is 0 Å². The Morgan fingerprint density at radius 1 is 1.07 bits per heavy atom. The topological polar surface area (TPSA) is 68.2 Å². The summed E-state index contributed by atoms with van der Waals surface area (Å²) in [7, 11) is -1.53. The second-order valence-corrected chi connectivity index (χ2v) is 9.51. The number of aromatic nitrogens is 1. The van der Waals surface area contributed by atoms with Crippen LogP contribution in [0.15, 0.2) is 48.5 Å². The highest BCUT2D eigenvalue weighted by atomic mass is 35.5. The van der Waals surface area contributed by atoms with Crippen LogP contribution in [0.25, 0.3) is 0 Å². The Morgan fingerprint density at radius 3 is 2.31 bits per heavy atom. The fourth-order valence-electron chi connectivity index (χ4n) is 3.23. The Balaban J connectivity index is 1.89. The Morgan fingerprint density at radius 2 is 1.72 bits per heavy atom. The number of aryl methyl sites for hydroxylation is 1. The summed E-state index contributed by atoms with van der Waals surface area (Å²) in [5.41, 5.74) is 4.20. The number of nitrogens with one attached hydrogen (secondary N) is 1. The lowest BCUT2D eigenvalue weighted by Gasteiger charge is -2.11. The van der Waals surface area contributed by atoms with Gasteiger partial charge in [0.1, 0.15) is 0 Å². The van der Waals surface area contributed by atoms with Crippen molar-refractivity contribution in [2.24, 2.45) is 7.05 Å². The summed E-state index contributed by atoms with van der Waals surface area (Å²) in [4.78, 5) is 13.0. The predicted octanol–water partition coefficient (Wildman–Crippen LogP) is 4.83. The lowest BCUT2D eigenvalue weighted by Crippen LogP contribution is -2.11. The molecule has 0 bridgehead atoms. The van der Waals surface area contributed by atoms with Crippen LogP contribution in [0.1, 0.15) is 32.9 Å². The van der Waals surface area contributed by atoms with Crippen LogP contribution in [-0.4, -0.2) is 25.0 Å². The molecule has 0 atom stereocenters. The maximum atomic E-state index is 13.0. The van der Waals surface area contributed by atoms with E-state index in [0.29, 0.717) is 33.4 Å². The van der Waals surface area contributed by atoms with Crippen molar-refractivity contribution >= 4 is 44.7 Å². The molecule has 0 aliphatic rings. The average Bonchev–Trinajstić information content (AvgIpc) is 2.89. The minimum atomic E-state index is -3.37. The summed E-state index contributed by atoms with van der Waals surface area (Å²) in [6, 6.07) is 13.8. The molecule has 29 heavy (non-hydrogen) atoms. The number of rotatable bonds is 6. The predicted molar refractivity (Wildman–Crippen MR) is 118 cm³/mol. The number of nitrogens with zero attached hydrogens (tertiary/aromatic N) is 1. The van der Waals surface area contributed by atoms with Gasteiger partial charge in [-0.25, -0.2) is 8.42 Å². The lowest BCUT2D eigenvalue weighted by atomic mass is 10.1. The number of hydrogen-bond donors (Lipinski definition) is 1. The zero-order valence-electron chi connectivity index (χ0n) is 16.2. The third kappa shape index (κ3) is 5.01. The number of benzene rings is 2. The highest BCUT2D eigenvalue weighted by Gasteiger charge is 2.19. The minimum Gasteiger partial charge on any atom is -0.344 e. The van der Waals surface area contributed by atoms with E-state index >= 15 is 0 Å². The normalized spacial score (nSPS) is 11.5. The SMILES string of the molecule is Cc1cc(Cc2ccc(NS(C)(=O)=O)cc2Cl)n(C)c1C(=O)c1ccc(Cl)cc1. The number of hydrogen-bond acceptors (Lipinski definition) is 3. The molecule has 1 N–H and O–H groups in total. The van der Waals surface area contributed by atoms with Gasteiger partial charge in [0.15, 0.2) is 0 Å². The van der Waals surface area contributed by atoms with Crippen LogP contribution in [0, 0.1) is 6.92 Å². The molecule has 3 rings (SSSR count). The molecule has 0 saturated carbocycles. The molecule has 1 aromatic heterocycles. The number of carbonyl (C=O) groups is 1. The van der Waals surface area contributed by atoms with Gasteiger partial charge in [0, 0.05) is 40.5 Å². The summed E-state index contributed by atoms with van der Waals surface area (Å²) in [6.07, 6.45) is 1.59. The van der Waals surface area contributed by atoms with Crippen LogP contribution in [0.2, 0.25) is 10.0 Å². The zero-order valence-corrected chi connectivity index (χ0v) is 18.5. The Bertz CT molecular complexity index is 1180. The van der Waals surface area contributed by atoms with Gasteiger partial charge in [-0.2, -0.15) is 0 Å². The van der Waals surface area contributed by atoms with E-state index in [0.717, 1.165) is 23.1 Å². The first-order valence-electron chi connectivity index (χ1n) is 8.77. The number of sulfonamides is 1. The fourth-order valence-corrected chi connectivity index (χ4v) is 4.15. The van der Waals surface area contributed by atoms with Crippen molar-refractivity contribution < 1.29 is 13.2 Å². The van der Waals surface area contributed by atoms with E-state index in [-0.39, 0.29) is 5.78 Å². The highest BCUT2D eigenvalue weighted by Crippen LogP contribution is 2.26. The van der Waals surface area contributed by atoms with Gasteiger partial charge in [0.25, 0.3) is 0 Å². The van der Waals surface area contributed by atoms with Gasteiger partial charge in [-0.3, -0.25) is 9.52 Å². The molecule has 1 heterocycles. The van der Waals surface area contributed by atoms with E-state index in [4.69, 9.17) is 23.2 Å². The van der Waals surface area contributed by atoms with E-state index in [1.54, 1.807) is 42.5 Å². The first kappa shape index (κ1) is 21.4. The maximum Gasteiger partial charge on any atom is 0.229 e. The monoisotopic (exact) mass is 450 g/mol. The van der Waals surface area contributed by atoms with Crippen LogP contribution >= 0.6 is 23.2 Å². The van der Waals surface area contributed by atoms with E-state index < -0.39 is 10.0 Å². The van der Waals surface area contributed by atoms with Crippen molar-refractivity contribution in [3.8, 4) is 0 Å². The molecule has 0 amide bonds. The molecule has 0 unspecified atom stereocenters. The van der Waals surface area contributed by atoms with Crippen molar-refractivity contribution in [2.75, 3.05) is 11.0 Å². The molecule has 152 valence electrons. The molecular weight excluding hydrogens is 431 g/mol. The van der Waals surface area contributed by atoms with E-state index in [9.17, 15) is 13.2 Å². The molecule has 0 aliphatic carbocycles. The Hall–Kier alpha value is -2.28. The molecule has 0 spiro atoms. The second kappa shape index (κ2) is 8.22. The number of anilines is 1. The maximum absolute atomic E-state index is 13.0. The molecule has 8 heteroatoms. The first-order valence-corrected chi connectivity index (χ1v) is 11.4. The van der Waals surface area contributed by atoms with E-state index in [1.807, 2.05) is 24.6 Å². The number of halogens is 2. The van der Waals surface area contributed by atoms with Gasteiger partial charge in [0.2, 0.25) is 15.8 Å². The minimum absolute atomic E-state index is 0.0771. The summed E-state index contributed by atoms with van der Waals surface area (Å²) >= 11 is 12.3.